The highest BCUT2D eigenvalue weighted by Gasteiger charge is 2.28. The van der Waals surface area contributed by atoms with Crippen molar-refractivity contribution in [1.29, 1.82) is 0 Å². The SMILES string of the molecule is CCN(CC)CC1CCCN(C(=O)c2cc(-c3ccncc3)c(N3CCOCC3)s2)C1. The summed E-state index contributed by atoms with van der Waals surface area (Å²) in [7, 11) is 0. The van der Waals surface area contributed by atoms with E-state index < -0.39 is 0 Å². The highest BCUT2D eigenvalue weighted by atomic mass is 32.1. The zero-order valence-corrected chi connectivity index (χ0v) is 19.6. The molecule has 0 spiro atoms. The number of carbonyl (C=O) groups is 1. The van der Waals surface area contributed by atoms with Gasteiger partial charge in [-0.2, -0.15) is 0 Å². The third-order valence-corrected chi connectivity index (χ3v) is 7.61. The number of aromatic nitrogens is 1. The second kappa shape index (κ2) is 10.6. The Balaban J connectivity index is 1.55. The molecule has 2 aromatic rings. The van der Waals surface area contributed by atoms with Gasteiger partial charge in [0, 0.05) is 50.7 Å². The number of morpholine rings is 1. The number of hydrogen-bond acceptors (Lipinski definition) is 6. The summed E-state index contributed by atoms with van der Waals surface area (Å²) >= 11 is 1.64. The quantitative estimate of drug-likeness (QED) is 0.652. The van der Waals surface area contributed by atoms with E-state index in [0.717, 1.165) is 81.5 Å². The Kier molecular flexibility index (Phi) is 7.58. The van der Waals surface area contributed by atoms with Gasteiger partial charge in [-0.15, -0.1) is 11.3 Å². The number of rotatable bonds is 7. The van der Waals surface area contributed by atoms with E-state index in [-0.39, 0.29) is 5.91 Å². The second-order valence-corrected chi connectivity index (χ2v) is 9.44. The largest absolute Gasteiger partial charge is 0.378 e. The number of likely N-dealkylation sites (tertiary alicyclic amines) is 1. The zero-order valence-electron chi connectivity index (χ0n) is 18.8. The smallest absolute Gasteiger partial charge is 0.264 e. The number of hydrogen-bond donors (Lipinski definition) is 0. The van der Waals surface area contributed by atoms with E-state index in [1.54, 1.807) is 11.3 Å². The maximum atomic E-state index is 13.5. The molecule has 1 unspecified atom stereocenters. The van der Waals surface area contributed by atoms with Gasteiger partial charge >= 0.3 is 0 Å². The molecule has 2 fully saturated rings. The fraction of sp³-hybridized carbons (Fsp3) is 0.583. The summed E-state index contributed by atoms with van der Waals surface area (Å²) < 4.78 is 5.55. The fourth-order valence-electron chi connectivity index (χ4n) is 4.63. The van der Waals surface area contributed by atoms with Crippen LogP contribution in [0.1, 0.15) is 36.4 Å². The summed E-state index contributed by atoms with van der Waals surface area (Å²) in [6, 6.07) is 6.16. The molecule has 2 aliphatic heterocycles. The van der Waals surface area contributed by atoms with Gasteiger partial charge in [0.15, 0.2) is 0 Å². The number of carbonyl (C=O) groups excluding carboxylic acids is 1. The molecule has 0 aromatic carbocycles. The van der Waals surface area contributed by atoms with E-state index in [9.17, 15) is 4.79 Å². The monoisotopic (exact) mass is 442 g/mol. The van der Waals surface area contributed by atoms with Crippen LogP contribution >= 0.6 is 11.3 Å². The van der Waals surface area contributed by atoms with E-state index in [2.05, 4.69) is 39.6 Å². The minimum absolute atomic E-state index is 0.184. The molecule has 0 aliphatic carbocycles. The van der Waals surface area contributed by atoms with Crippen LogP contribution in [0.5, 0.6) is 0 Å². The first kappa shape index (κ1) is 22.2. The minimum Gasteiger partial charge on any atom is -0.378 e. The summed E-state index contributed by atoms with van der Waals surface area (Å²) in [6.45, 7) is 12.6. The number of pyridine rings is 1. The Bertz CT molecular complexity index is 847. The van der Waals surface area contributed by atoms with Gasteiger partial charge in [0.1, 0.15) is 0 Å². The molecule has 6 nitrogen and oxygen atoms in total. The van der Waals surface area contributed by atoms with Crippen LogP contribution in [0.3, 0.4) is 0 Å². The molecule has 31 heavy (non-hydrogen) atoms. The summed E-state index contributed by atoms with van der Waals surface area (Å²) in [5.41, 5.74) is 2.25. The van der Waals surface area contributed by atoms with Crippen molar-refractivity contribution in [3.8, 4) is 11.1 Å². The number of piperidine rings is 1. The molecule has 0 saturated carbocycles. The summed E-state index contributed by atoms with van der Waals surface area (Å²) in [5.74, 6) is 0.750. The van der Waals surface area contributed by atoms with Crippen LogP contribution in [0.25, 0.3) is 11.1 Å². The van der Waals surface area contributed by atoms with Crippen molar-refractivity contribution in [2.75, 3.05) is 63.9 Å². The first-order valence-electron chi connectivity index (χ1n) is 11.6. The lowest BCUT2D eigenvalue weighted by Crippen LogP contribution is -2.43. The van der Waals surface area contributed by atoms with Crippen LogP contribution in [0.2, 0.25) is 0 Å². The Morgan fingerprint density at radius 1 is 1.19 bits per heavy atom. The van der Waals surface area contributed by atoms with Gasteiger partial charge < -0.3 is 19.4 Å². The number of amides is 1. The van der Waals surface area contributed by atoms with Gasteiger partial charge in [0.25, 0.3) is 5.91 Å². The molecule has 0 radical (unpaired) electrons. The fourth-order valence-corrected chi connectivity index (χ4v) is 5.83. The molecular formula is C24H34N4O2S. The summed E-state index contributed by atoms with van der Waals surface area (Å²) in [4.78, 5) is 25.4. The van der Waals surface area contributed by atoms with Crippen LogP contribution < -0.4 is 4.90 Å². The van der Waals surface area contributed by atoms with Gasteiger partial charge in [0.05, 0.1) is 23.1 Å². The van der Waals surface area contributed by atoms with Crippen molar-refractivity contribution in [1.82, 2.24) is 14.8 Å². The maximum absolute atomic E-state index is 13.5. The molecule has 0 bridgehead atoms. The number of anilines is 1. The van der Waals surface area contributed by atoms with Crippen molar-refractivity contribution in [2.45, 2.75) is 26.7 Å². The predicted molar refractivity (Wildman–Crippen MR) is 127 cm³/mol. The van der Waals surface area contributed by atoms with Gasteiger partial charge in [-0.25, -0.2) is 0 Å². The Morgan fingerprint density at radius 2 is 1.94 bits per heavy atom. The van der Waals surface area contributed by atoms with Crippen LogP contribution in [0.15, 0.2) is 30.6 Å². The molecule has 2 aromatic heterocycles. The predicted octanol–water partition coefficient (Wildman–Crippen LogP) is 3.84. The molecule has 168 valence electrons. The summed E-state index contributed by atoms with van der Waals surface area (Å²) in [5, 5.41) is 1.18. The maximum Gasteiger partial charge on any atom is 0.264 e. The molecule has 2 aliphatic rings. The number of thiophene rings is 1. The molecule has 1 atom stereocenters. The lowest BCUT2D eigenvalue weighted by Gasteiger charge is -2.35. The molecule has 0 N–H and O–H groups in total. The zero-order chi connectivity index (χ0) is 21.6. The Labute approximate surface area is 189 Å². The van der Waals surface area contributed by atoms with Crippen LogP contribution in [-0.2, 0) is 4.74 Å². The highest BCUT2D eigenvalue weighted by Crippen LogP contribution is 2.40. The van der Waals surface area contributed by atoms with Gasteiger partial charge in [-0.05, 0) is 55.6 Å². The lowest BCUT2D eigenvalue weighted by molar-refractivity contribution is 0.0648. The molecule has 4 rings (SSSR count). The Hall–Kier alpha value is -1.96. The van der Waals surface area contributed by atoms with E-state index >= 15 is 0 Å². The summed E-state index contributed by atoms with van der Waals surface area (Å²) in [6.07, 6.45) is 5.95. The second-order valence-electron chi connectivity index (χ2n) is 8.41. The normalized spacial score (nSPS) is 19.8. The lowest BCUT2D eigenvalue weighted by atomic mass is 9.97. The molecular weight excluding hydrogens is 408 g/mol. The molecule has 2 saturated heterocycles. The van der Waals surface area contributed by atoms with Crippen LogP contribution in [0.4, 0.5) is 5.00 Å². The first-order valence-corrected chi connectivity index (χ1v) is 12.4. The van der Waals surface area contributed by atoms with Gasteiger partial charge in [0.2, 0.25) is 0 Å². The third-order valence-electron chi connectivity index (χ3n) is 6.43. The average Bonchev–Trinajstić information content (AvgIpc) is 3.29. The van der Waals surface area contributed by atoms with E-state index in [0.29, 0.717) is 5.92 Å². The van der Waals surface area contributed by atoms with Gasteiger partial charge in [-0.3, -0.25) is 9.78 Å². The standard InChI is InChI=1S/C24H34N4O2S/c1-3-26(4-2)17-19-6-5-11-28(18-19)23(29)22-16-21(20-7-9-25-10-8-20)24(31-22)27-12-14-30-15-13-27/h7-10,16,19H,3-6,11-15,17-18H2,1-2H3. The van der Waals surface area contributed by atoms with Gasteiger partial charge in [-0.1, -0.05) is 13.8 Å². The highest BCUT2D eigenvalue weighted by molar-refractivity contribution is 7.18. The van der Waals surface area contributed by atoms with Crippen molar-refractivity contribution in [3.05, 3.63) is 35.5 Å². The number of ether oxygens (including phenoxy) is 1. The number of nitrogens with zero attached hydrogens (tertiary/aromatic N) is 4. The van der Waals surface area contributed by atoms with E-state index in [1.165, 1.54) is 11.4 Å². The van der Waals surface area contributed by atoms with Crippen molar-refractivity contribution in [2.24, 2.45) is 5.92 Å². The topological polar surface area (TPSA) is 48.9 Å². The first-order chi connectivity index (χ1) is 15.2. The van der Waals surface area contributed by atoms with E-state index in [4.69, 9.17) is 4.74 Å². The molecule has 1 amide bonds. The average molecular weight is 443 g/mol. The third kappa shape index (κ3) is 5.27. The minimum atomic E-state index is 0.184. The van der Waals surface area contributed by atoms with Crippen molar-refractivity contribution < 1.29 is 9.53 Å². The molecule has 4 heterocycles. The Morgan fingerprint density at radius 3 is 2.65 bits per heavy atom. The van der Waals surface area contributed by atoms with Crippen LogP contribution in [0, 0.1) is 5.92 Å². The van der Waals surface area contributed by atoms with Crippen LogP contribution in [-0.4, -0.2) is 79.7 Å². The molecule has 7 heteroatoms. The van der Waals surface area contributed by atoms with Crippen molar-refractivity contribution in [3.63, 3.8) is 0 Å². The van der Waals surface area contributed by atoms with Crippen molar-refractivity contribution >= 4 is 22.2 Å². The van der Waals surface area contributed by atoms with E-state index in [1.807, 2.05) is 24.5 Å².